The molecule has 0 aliphatic carbocycles. The quantitative estimate of drug-likeness (QED) is 0.897. The Balaban J connectivity index is 1.50. The predicted octanol–water partition coefficient (Wildman–Crippen LogP) is 2.29. The summed E-state index contributed by atoms with van der Waals surface area (Å²) in [5, 5.41) is 10.6. The number of aliphatic hydroxyl groups excluding tert-OH is 1. The normalized spacial score (nSPS) is 28.0. The highest BCUT2D eigenvalue weighted by Gasteiger charge is 2.53. The number of hydrogen-bond acceptors (Lipinski definition) is 4. The Bertz CT molecular complexity index is 826. The minimum atomic E-state index is -0.787. The second-order valence-electron chi connectivity index (χ2n) is 7.22. The van der Waals surface area contributed by atoms with Crippen molar-refractivity contribution >= 4 is 5.91 Å². The van der Waals surface area contributed by atoms with Crippen LogP contribution in [0.5, 0.6) is 0 Å². The molecule has 2 aliphatic heterocycles. The molecule has 0 unspecified atom stereocenters. The fourth-order valence-electron chi connectivity index (χ4n) is 3.92. The molecule has 4 rings (SSSR count). The van der Waals surface area contributed by atoms with Crippen LogP contribution in [0.25, 0.3) is 0 Å². The molecule has 0 saturated carbocycles. The van der Waals surface area contributed by atoms with Crippen LogP contribution in [-0.4, -0.2) is 52.3 Å². The summed E-state index contributed by atoms with van der Waals surface area (Å²) in [6.45, 7) is 2.83. The molecule has 5 nitrogen and oxygen atoms in total. The maximum absolute atomic E-state index is 13.5. The first-order valence-electron chi connectivity index (χ1n) is 8.76. The number of ether oxygens (including phenoxy) is 1. The molecule has 1 amide bonds. The number of carbonyl (C=O) groups is 1. The average Bonchev–Trinajstić information content (AvgIpc) is 3.20. The van der Waals surface area contributed by atoms with E-state index in [0.717, 1.165) is 11.3 Å². The number of rotatable bonds is 2. The van der Waals surface area contributed by atoms with Crippen LogP contribution >= 0.6 is 0 Å². The van der Waals surface area contributed by atoms with Gasteiger partial charge < -0.3 is 14.7 Å². The van der Waals surface area contributed by atoms with Gasteiger partial charge in [0, 0.05) is 24.4 Å². The van der Waals surface area contributed by atoms with Crippen molar-refractivity contribution < 1.29 is 19.0 Å². The maximum Gasteiger partial charge on any atom is 0.255 e. The number of likely N-dealkylation sites (tertiary alicyclic amines) is 1. The third kappa shape index (κ3) is 2.99. The fraction of sp³-hybridized carbons (Fsp3) is 0.400. The molecule has 0 bridgehead atoms. The Morgan fingerprint density at radius 3 is 2.96 bits per heavy atom. The van der Waals surface area contributed by atoms with E-state index in [1.165, 1.54) is 12.1 Å². The van der Waals surface area contributed by atoms with Gasteiger partial charge in [0.15, 0.2) is 0 Å². The molecule has 3 atom stereocenters. The van der Waals surface area contributed by atoms with Crippen molar-refractivity contribution in [3.8, 4) is 0 Å². The lowest BCUT2D eigenvalue weighted by Gasteiger charge is -2.26. The Hall–Kier alpha value is -2.31. The van der Waals surface area contributed by atoms with Gasteiger partial charge in [-0.3, -0.25) is 9.78 Å². The van der Waals surface area contributed by atoms with E-state index < -0.39 is 11.7 Å². The molecular weight excluding hydrogens is 335 g/mol. The highest BCUT2D eigenvalue weighted by atomic mass is 19.1. The molecular formula is C20H21FN2O3. The molecule has 3 heterocycles. The summed E-state index contributed by atoms with van der Waals surface area (Å²) >= 11 is 0. The van der Waals surface area contributed by atoms with E-state index in [4.69, 9.17) is 4.74 Å². The highest BCUT2D eigenvalue weighted by Crippen LogP contribution is 2.42. The highest BCUT2D eigenvalue weighted by molar-refractivity contribution is 5.94. The first kappa shape index (κ1) is 17.1. The van der Waals surface area contributed by atoms with E-state index >= 15 is 0 Å². The minimum absolute atomic E-state index is 0.0106. The molecule has 2 aromatic rings. The second-order valence-corrected chi connectivity index (χ2v) is 7.22. The van der Waals surface area contributed by atoms with Gasteiger partial charge in [-0.2, -0.15) is 0 Å². The Morgan fingerprint density at radius 2 is 2.23 bits per heavy atom. The fourth-order valence-corrected chi connectivity index (χ4v) is 3.92. The summed E-state index contributed by atoms with van der Waals surface area (Å²) in [5.74, 6) is -0.429. The Morgan fingerprint density at radius 1 is 1.38 bits per heavy atom. The van der Waals surface area contributed by atoms with Crippen LogP contribution in [0.1, 0.15) is 34.0 Å². The average molecular weight is 356 g/mol. The van der Waals surface area contributed by atoms with Gasteiger partial charge in [0.1, 0.15) is 17.5 Å². The van der Waals surface area contributed by atoms with Gasteiger partial charge in [-0.1, -0.05) is 12.1 Å². The van der Waals surface area contributed by atoms with Gasteiger partial charge in [-0.15, -0.1) is 0 Å². The van der Waals surface area contributed by atoms with Gasteiger partial charge >= 0.3 is 0 Å². The van der Waals surface area contributed by atoms with Gasteiger partial charge in [-0.25, -0.2) is 4.39 Å². The molecule has 2 aliphatic rings. The molecule has 1 spiro atoms. The SMILES string of the molecule is Cc1ccc(C(=O)N2C[C@@H](O)[C@@]3(C[C@H](c4cccc(F)c4)CO3)C2)cn1. The van der Waals surface area contributed by atoms with Crippen molar-refractivity contribution in [2.45, 2.75) is 31.0 Å². The molecule has 136 valence electrons. The number of nitrogens with zero attached hydrogens (tertiary/aromatic N) is 2. The van der Waals surface area contributed by atoms with E-state index in [1.807, 2.05) is 13.0 Å². The van der Waals surface area contributed by atoms with Crippen molar-refractivity contribution in [2.75, 3.05) is 19.7 Å². The number of aromatic nitrogens is 1. The number of amides is 1. The van der Waals surface area contributed by atoms with E-state index in [-0.39, 0.29) is 24.2 Å². The molecule has 1 N–H and O–H groups in total. The van der Waals surface area contributed by atoms with Crippen molar-refractivity contribution in [3.63, 3.8) is 0 Å². The molecule has 6 heteroatoms. The zero-order valence-electron chi connectivity index (χ0n) is 14.6. The van der Waals surface area contributed by atoms with Crippen LogP contribution in [0.15, 0.2) is 42.6 Å². The number of carbonyl (C=O) groups excluding carboxylic acids is 1. The van der Waals surface area contributed by atoms with Crippen LogP contribution in [0, 0.1) is 12.7 Å². The zero-order chi connectivity index (χ0) is 18.3. The molecule has 0 radical (unpaired) electrons. The lowest BCUT2D eigenvalue weighted by molar-refractivity contribution is -0.0591. The number of halogens is 1. The van der Waals surface area contributed by atoms with Gasteiger partial charge in [0.25, 0.3) is 5.91 Å². The lowest BCUT2D eigenvalue weighted by Crippen LogP contribution is -2.41. The first-order valence-corrected chi connectivity index (χ1v) is 8.76. The predicted molar refractivity (Wildman–Crippen MR) is 93.3 cm³/mol. The zero-order valence-corrected chi connectivity index (χ0v) is 14.6. The smallest absolute Gasteiger partial charge is 0.255 e. The lowest BCUT2D eigenvalue weighted by atomic mass is 9.87. The van der Waals surface area contributed by atoms with E-state index in [1.54, 1.807) is 29.3 Å². The number of hydrogen-bond donors (Lipinski definition) is 1. The van der Waals surface area contributed by atoms with E-state index in [0.29, 0.717) is 25.1 Å². The van der Waals surface area contributed by atoms with Crippen molar-refractivity contribution in [1.29, 1.82) is 0 Å². The summed E-state index contributed by atoms with van der Waals surface area (Å²) in [7, 11) is 0. The van der Waals surface area contributed by atoms with E-state index in [9.17, 15) is 14.3 Å². The van der Waals surface area contributed by atoms with Crippen molar-refractivity contribution in [3.05, 3.63) is 65.2 Å². The minimum Gasteiger partial charge on any atom is -0.388 e. The van der Waals surface area contributed by atoms with Gasteiger partial charge in [0.05, 0.1) is 18.7 Å². The first-order chi connectivity index (χ1) is 12.5. The number of aryl methyl sites for hydroxylation is 1. The monoisotopic (exact) mass is 356 g/mol. The maximum atomic E-state index is 13.5. The summed E-state index contributed by atoms with van der Waals surface area (Å²) in [4.78, 5) is 18.5. The van der Waals surface area contributed by atoms with Crippen LogP contribution in [0.3, 0.4) is 0 Å². The number of aliphatic hydroxyl groups is 1. The van der Waals surface area contributed by atoms with Crippen LogP contribution < -0.4 is 0 Å². The standard InChI is InChI=1S/C20H21FN2O3/c1-13-5-6-15(9-22-13)19(25)23-10-18(24)20(12-23)8-16(11-26-20)14-3-2-4-17(21)7-14/h2-7,9,16,18,24H,8,10-12H2,1H3/t16-,18+,20+/m0/s1. The summed E-state index contributed by atoms with van der Waals surface area (Å²) in [6, 6.07) is 10.0. The largest absolute Gasteiger partial charge is 0.388 e. The Labute approximate surface area is 151 Å². The number of pyridine rings is 1. The molecule has 1 aromatic heterocycles. The second kappa shape index (κ2) is 6.45. The number of benzene rings is 1. The van der Waals surface area contributed by atoms with Crippen LogP contribution in [-0.2, 0) is 4.74 Å². The van der Waals surface area contributed by atoms with Crippen LogP contribution in [0.4, 0.5) is 4.39 Å². The van der Waals surface area contributed by atoms with Crippen molar-refractivity contribution in [2.24, 2.45) is 0 Å². The molecule has 1 aromatic carbocycles. The van der Waals surface area contributed by atoms with Crippen molar-refractivity contribution in [1.82, 2.24) is 9.88 Å². The summed E-state index contributed by atoms with van der Waals surface area (Å²) in [5.41, 5.74) is 1.42. The van der Waals surface area contributed by atoms with Crippen LogP contribution in [0.2, 0.25) is 0 Å². The third-order valence-corrected chi connectivity index (χ3v) is 5.39. The molecule has 2 fully saturated rings. The summed E-state index contributed by atoms with van der Waals surface area (Å²) in [6.07, 6.45) is 1.36. The topological polar surface area (TPSA) is 62.7 Å². The molecule has 26 heavy (non-hydrogen) atoms. The third-order valence-electron chi connectivity index (χ3n) is 5.39. The number of β-amino-alcohol motifs (C(OH)–C–C–N with tert-alkyl or cyclic N) is 1. The van der Waals surface area contributed by atoms with Gasteiger partial charge in [0.2, 0.25) is 0 Å². The Kier molecular flexibility index (Phi) is 4.25. The van der Waals surface area contributed by atoms with E-state index in [2.05, 4.69) is 4.98 Å². The molecule has 2 saturated heterocycles. The van der Waals surface area contributed by atoms with Gasteiger partial charge in [-0.05, 0) is 43.2 Å². The summed E-state index contributed by atoms with van der Waals surface area (Å²) < 4.78 is 19.5.